The molecule has 0 amide bonds. The monoisotopic (exact) mass is 1100 g/mol. The molecule has 0 aliphatic heterocycles. The van der Waals surface area contributed by atoms with Crippen LogP contribution in [0, 0.1) is 0 Å². The first-order valence-corrected chi connectivity index (χ1v) is 33.7. The molecule has 6 heteroatoms. The van der Waals surface area contributed by atoms with E-state index in [1.54, 1.807) is 0 Å². The van der Waals surface area contributed by atoms with Crippen LogP contribution in [0.3, 0.4) is 0 Å². The second-order valence-corrected chi connectivity index (χ2v) is 22.4. The Kier molecular flexibility index (Phi) is 63.7. The van der Waals surface area contributed by atoms with Crippen LogP contribution < -0.4 is 0 Å². The molecule has 79 heavy (non-hydrogen) atoms. The van der Waals surface area contributed by atoms with Gasteiger partial charge in [0.2, 0.25) is 0 Å². The van der Waals surface area contributed by atoms with Gasteiger partial charge in [-0.2, -0.15) is 0 Å². The van der Waals surface area contributed by atoms with E-state index in [4.69, 9.17) is 14.2 Å². The van der Waals surface area contributed by atoms with E-state index in [1.807, 2.05) is 0 Å². The van der Waals surface area contributed by atoms with Crippen LogP contribution in [0.4, 0.5) is 0 Å². The van der Waals surface area contributed by atoms with Crippen LogP contribution >= 0.6 is 0 Å². The van der Waals surface area contributed by atoms with Gasteiger partial charge in [-0.05, 0) is 83.5 Å². The van der Waals surface area contributed by atoms with Crippen molar-refractivity contribution < 1.29 is 28.6 Å². The molecule has 454 valence electrons. The summed E-state index contributed by atoms with van der Waals surface area (Å²) in [6, 6.07) is 0. The molecule has 0 fully saturated rings. The average Bonchev–Trinajstić information content (AvgIpc) is 3.45. The van der Waals surface area contributed by atoms with Crippen LogP contribution in [0.25, 0.3) is 0 Å². The van der Waals surface area contributed by atoms with Crippen molar-refractivity contribution >= 4 is 17.9 Å². The molecule has 0 rings (SSSR count). The lowest BCUT2D eigenvalue weighted by molar-refractivity contribution is -0.167. The number of carbonyl (C=O) groups excluding carboxylic acids is 3. The van der Waals surface area contributed by atoms with E-state index in [1.165, 1.54) is 180 Å². The molecule has 0 saturated heterocycles. The molecule has 0 aliphatic rings. The molecule has 1 atom stereocenters. The van der Waals surface area contributed by atoms with Gasteiger partial charge in [0.1, 0.15) is 13.2 Å². The van der Waals surface area contributed by atoms with Gasteiger partial charge in [0.05, 0.1) is 0 Å². The summed E-state index contributed by atoms with van der Waals surface area (Å²) >= 11 is 0. The van der Waals surface area contributed by atoms with E-state index in [2.05, 4.69) is 118 Å². The van der Waals surface area contributed by atoms with Gasteiger partial charge in [-0.15, -0.1) is 0 Å². The summed E-state index contributed by atoms with van der Waals surface area (Å²) in [6.45, 7) is 6.53. The summed E-state index contributed by atoms with van der Waals surface area (Å²) in [4.78, 5) is 38.3. The normalized spacial score (nSPS) is 12.7. The molecule has 0 aromatic carbocycles. The molecule has 0 N–H and O–H groups in total. The van der Waals surface area contributed by atoms with E-state index >= 15 is 0 Å². The van der Waals surface area contributed by atoms with Crippen LogP contribution in [-0.2, 0) is 28.6 Å². The van der Waals surface area contributed by atoms with Gasteiger partial charge in [0, 0.05) is 19.3 Å². The fraction of sp³-hybridized carbons (Fsp3) is 0.740. The molecule has 0 bridgehead atoms. The fourth-order valence-electron chi connectivity index (χ4n) is 9.58. The molecule has 1 unspecified atom stereocenters. The van der Waals surface area contributed by atoms with Gasteiger partial charge in [-0.25, -0.2) is 0 Å². The van der Waals surface area contributed by atoms with Gasteiger partial charge in [0.25, 0.3) is 0 Å². The molecule has 0 heterocycles. The maximum atomic E-state index is 12.9. The van der Waals surface area contributed by atoms with Crippen molar-refractivity contribution in [2.45, 2.75) is 335 Å². The average molecular weight is 1100 g/mol. The first-order valence-electron chi connectivity index (χ1n) is 33.7. The quantitative estimate of drug-likeness (QED) is 0.0261. The van der Waals surface area contributed by atoms with Crippen molar-refractivity contribution in [1.82, 2.24) is 0 Å². The number of ether oxygens (including phenoxy) is 3. The third-order valence-electron chi connectivity index (χ3n) is 14.6. The lowest BCUT2D eigenvalue weighted by Crippen LogP contribution is -2.30. The minimum absolute atomic E-state index is 0.0872. The highest BCUT2D eigenvalue weighted by molar-refractivity contribution is 5.71. The zero-order valence-corrected chi connectivity index (χ0v) is 52.1. The van der Waals surface area contributed by atoms with Gasteiger partial charge in [-0.3, -0.25) is 14.4 Å². The van der Waals surface area contributed by atoms with Gasteiger partial charge in [0.15, 0.2) is 6.10 Å². The Morgan fingerprint density at radius 1 is 0.266 bits per heavy atom. The van der Waals surface area contributed by atoms with Crippen LogP contribution in [-0.4, -0.2) is 37.2 Å². The third-order valence-corrected chi connectivity index (χ3v) is 14.6. The zero-order valence-electron chi connectivity index (χ0n) is 52.1. The highest BCUT2D eigenvalue weighted by Gasteiger charge is 2.19. The van der Waals surface area contributed by atoms with Gasteiger partial charge < -0.3 is 14.2 Å². The summed E-state index contributed by atoms with van der Waals surface area (Å²) in [5, 5.41) is 0. The summed E-state index contributed by atoms with van der Waals surface area (Å²) in [5.74, 6) is -0.918. The lowest BCUT2D eigenvalue weighted by atomic mass is 10.0. The SMILES string of the molecule is CC/C=C\C/C=C\C/C=C\C/C=C\C/C=C\C/C=C\C/C=C\C/C=C\CCCCC(=O)OCC(COC(=O)CCCCCCCCCCCCCC)OC(=O)CCCCCCCCCCCCCCCCCCCCCCCC. The summed E-state index contributed by atoms with van der Waals surface area (Å²) in [5.41, 5.74) is 0. The van der Waals surface area contributed by atoms with E-state index in [0.29, 0.717) is 19.3 Å². The van der Waals surface area contributed by atoms with Crippen LogP contribution in [0.5, 0.6) is 0 Å². The Labute approximate surface area is 489 Å². The topological polar surface area (TPSA) is 78.9 Å². The molecular formula is C73H126O6. The molecule has 0 aromatic rings. The van der Waals surface area contributed by atoms with Crippen molar-refractivity contribution in [3.05, 3.63) is 97.2 Å². The molecule has 0 aromatic heterocycles. The first-order chi connectivity index (χ1) is 39.0. The van der Waals surface area contributed by atoms with Crippen molar-refractivity contribution in [2.24, 2.45) is 0 Å². The van der Waals surface area contributed by atoms with Crippen LogP contribution in [0.15, 0.2) is 97.2 Å². The van der Waals surface area contributed by atoms with Crippen molar-refractivity contribution in [2.75, 3.05) is 13.2 Å². The summed E-state index contributed by atoms with van der Waals surface area (Å²) in [7, 11) is 0. The Morgan fingerprint density at radius 2 is 0.494 bits per heavy atom. The van der Waals surface area contributed by atoms with Gasteiger partial charge in [-0.1, -0.05) is 323 Å². The second-order valence-electron chi connectivity index (χ2n) is 22.4. The fourth-order valence-corrected chi connectivity index (χ4v) is 9.58. The molecule has 0 radical (unpaired) electrons. The third kappa shape index (κ3) is 65.0. The maximum absolute atomic E-state index is 12.9. The number of rotatable bonds is 61. The number of hydrogen-bond acceptors (Lipinski definition) is 6. The number of hydrogen-bond donors (Lipinski definition) is 0. The van der Waals surface area contributed by atoms with Crippen LogP contribution in [0.1, 0.15) is 329 Å². The number of unbranched alkanes of at least 4 members (excludes halogenated alkanes) is 34. The highest BCUT2D eigenvalue weighted by atomic mass is 16.6. The largest absolute Gasteiger partial charge is 0.462 e. The van der Waals surface area contributed by atoms with E-state index in [-0.39, 0.29) is 31.1 Å². The standard InChI is InChI=1S/C73H126O6/c1-4-7-10-13-16-19-22-25-27-29-31-33-35-36-37-38-39-41-42-44-46-48-51-54-57-60-63-66-72(75)78-69-70(68-77-71(74)65-62-59-56-53-50-24-21-18-15-12-9-6-3)79-73(76)67-64-61-58-55-52-49-47-45-43-40-34-32-30-28-26-23-20-17-14-11-8-5-2/h7,10,16,19,25,27,31,33,36-37,39,41,44,46,51,54,70H,4-6,8-9,11-15,17-18,20-24,26,28-30,32,34-35,38,40,42-43,45,47-50,52-53,55-69H2,1-3H3/b10-7-,19-16-,27-25-,33-31-,37-36-,41-39-,46-44-,54-51-. The Morgan fingerprint density at radius 3 is 0.772 bits per heavy atom. The highest BCUT2D eigenvalue weighted by Crippen LogP contribution is 2.17. The predicted octanol–water partition coefficient (Wildman–Crippen LogP) is 23.2. The number of esters is 3. The Bertz CT molecular complexity index is 1540. The second kappa shape index (κ2) is 66.8. The molecule has 0 saturated carbocycles. The van der Waals surface area contributed by atoms with E-state index in [0.717, 1.165) is 109 Å². The Balaban J connectivity index is 4.36. The summed E-state index contributed by atoms with van der Waals surface area (Å²) in [6.07, 6.45) is 90.0. The minimum Gasteiger partial charge on any atom is -0.462 e. The first kappa shape index (κ1) is 75.3. The lowest BCUT2D eigenvalue weighted by Gasteiger charge is -2.18. The predicted molar refractivity (Wildman–Crippen MR) is 344 cm³/mol. The number of carbonyl (C=O) groups is 3. The van der Waals surface area contributed by atoms with E-state index in [9.17, 15) is 14.4 Å². The number of allylic oxidation sites excluding steroid dienone is 16. The van der Waals surface area contributed by atoms with Crippen molar-refractivity contribution in [3.63, 3.8) is 0 Å². The summed E-state index contributed by atoms with van der Waals surface area (Å²) < 4.78 is 16.9. The van der Waals surface area contributed by atoms with E-state index < -0.39 is 6.10 Å². The molecular weight excluding hydrogens is 973 g/mol. The smallest absolute Gasteiger partial charge is 0.306 e. The van der Waals surface area contributed by atoms with Crippen LogP contribution in [0.2, 0.25) is 0 Å². The molecule has 6 nitrogen and oxygen atoms in total. The maximum Gasteiger partial charge on any atom is 0.306 e. The molecule has 0 aliphatic carbocycles. The zero-order chi connectivity index (χ0) is 57.1. The van der Waals surface area contributed by atoms with Crippen molar-refractivity contribution in [3.8, 4) is 0 Å². The minimum atomic E-state index is -0.794. The molecule has 0 spiro atoms. The van der Waals surface area contributed by atoms with Crippen molar-refractivity contribution in [1.29, 1.82) is 0 Å². The Hall–Kier alpha value is -3.67. The van der Waals surface area contributed by atoms with Gasteiger partial charge >= 0.3 is 17.9 Å².